The molecular weight excluding hydrogens is 614 g/mol. The third kappa shape index (κ3) is 7.76. The van der Waals surface area contributed by atoms with E-state index in [9.17, 15) is 31.2 Å². The van der Waals surface area contributed by atoms with Crippen LogP contribution >= 0.6 is 23.2 Å². The Hall–Kier alpha value is -3.28. The maximum absolute atomic E-state index is 14.0. The lowest BCUT2D eigenvalue weighted by Crippen LogP contribution is -2.52. The van der Waals surface area contributed by atoms with Crippen molar-refractivity contribution < 1.29 is 31.2 Å². The summed E-state index contributed by atoms with van der Waals surface area (Å²) in [7, 11) is -4.57. The quantitative estimate of drug-likeness (QED) is 0.260. The van der Waals surface area contributed by atoms with Crippen LogP contribution in [0.5, 0.6) is 0 Å². The summed E-state index contributed by atoms with van der Waals surface area (Å²) in [5, 5.41) is 2.36. The molecule has 0 spiro atoms. The summed E-state index contributed by atoms with van der Waals surface area (Å²) in [5.41, 5.74) is -0.445. The van der Waals surface area contributed by atoms with Gasteiger partial charge in [0.15, 0.2) is 0 Å². The van der Waals surface area contributed by atoms with Crippen LogP contribution < -0.4 is 9.62 Å². The van der Waals surface area contributed by atoms with Gasteiger partial charge in [-0.05, 0) is 62.2 Å². The molecule has 226 valence electrons. The second-order valence-electron chi connectivity index (χ2n) is 9.42. The highest BCUT2D eigenvalue weighted by Crippen LogP contribution is 2.38. The van der Waals surface area contributed by atoms with Crippen molar-refractivity contribution in [3.63, 3.8) is 0 Å². The molecule has 0 aromatic heterocycles. The number of likely N-dealkylation sites (N-methyl/N-ethyl adjacent to an activating group) is 1. The standard InChI is InChI=1S/C29H30Cl2F3N3O4S/c1-4-26(28(39)35-5-2)36(17-20-8-6-7-9-24(20)30)27(38)18-37(42(40,41)22-13-10-19(3)11-14-22)21-12-15-25(31)23(16-21)29(32,33)34/h6-16,26H,4-5,17-18H2,1-3H3,(H,35,39)/t26-/m1/s1. The molecule has 42 heavy (non-hydrogen) atoms. The summed E-state index contributed by atoms with van der Waals surface area (Å²) in [6.45, 7) is 4.35. The molecule has 3 aromatic rings. The smallest absolute Gasteiger partial charge is 0.355 e. The number of halogens is 5. The Kier molecular flexibility index (Phi) is 10.9. The van der Waals surface area contributed by atoms with E-state index < -0.39 is 56.9 Å². The number of alkyl halides is 3. The zero-order valence-corrected chi connectivity index (χ0v) is 25.4. The Balaban J connectivity index is 2.16. The molecule has 0 fully saturated rings. The highest BCUT2D eigenvalue weighted by molar-refractivity contribution is 7.92. The first-order valence-corrected chi connectivity index (χ1v) is 15.2. The molecular formula is C29H30Cl2F3N3O4S. The minimum Gasteiger partial charge on any atom is -0.355 e. The lowest BCUT2D eigenvalue weighted by atomic mass is 10.1. The molecule has 0 saturated heterocycles. The van der Waals surface area contributed by atoms with Crippen molar-refractivity contribution in [1.29, 1.82) is 0 Å². The van der Waals surface area contributed by atoms with E-state index in [1.165, 1.54) is 29.2 Å². The Morgan fingerprint density at radius 1 is 0.952 bits per heavy atom. The molecule has 2 amide bonds. The van der Waals surface area contributed by atoms with Gasteiger partial charge in [-0.15, -0.1) is 0 Å². The molecule has 3 rings (SSSR count). The average molecular weight is 645 g/mol. The molecule has 1 atom stereocenters. The second kappa shape index (κ2) is 13.8. The first-order valence-electron chi connectivity index (χ1n) is 13.0. The molecule has 13 heteroatoms. The summed E-state index contributed by atoms with van der Waals surface area (Å²) in [6, 6.07) is 13.9. The summed E-state index contributed by atoms with van der Waals surface area (Å²) >= 11 is 12.1. The lowest BCUT2D eigenvalue weighted by Gasteiger charge is -2.33. The number of carbonyl (C=O) groups excluding carboxylic acids is 2. The van der Waals surface area contributed by atoms with Crippen LogP contribution in [0.4, 0.5) is 18.9 Å². The Morgan fingerprint density at radius 2 is 1.60 bits per heavy atom. The molecule has 3 aromatic carbocycles. The van der Waals surface area contributed by atoms with Crippen molar-refractivity contribution >= 4 is 50.7 Å². The van der Waals surface area contributed by atoms with Gasteiger partial charge in [0.2, 0.25) is 11.8 Å². The van der Waals surface area contributed by atoms with Crippen LogP contribution in [0.3, 0.4) is 0 Å². The van der Waals surface area contributed by atoms with E-state index in [4.69, 9.17) is 23.2 Å². The largest absolute Gasteiger partial charge is 0.417 e. The summed E-state index contributed by atoms with van der Waals surface area (Å²) in [4.78, 5) is 27.9. The maximum Gasteiger partial charge on any atom is 0.417 e. The van der Waals surface area contributed by atoms with E-state index in [-0.39, 0.29) is 24.4 Å². The van der Waals surface area contributed by atoms with Crippen LogP contribution in [0.15, 0.2) is 71.6 Å². The van der Waals surface area contributed by atoms with Crippen molar-refractivity contribution in [2.75, 3.05) is 17.4 Å². The molecule has 0 aliphatic heterocycles. The number of aryl methyl sites for hydroxylation is 1. The number of hydrogen-bond acceptors (Lipinski definition) is 4. The number of nitrogens with one attached hydrogen (secondary N) is 1. The topological polar surface area (TPSA) is 86.8 Å². The zero-order chi connectivity index (χ0) is 31.2. The molecule has 0 aliphatic carbocycles. The fraction of sp³-hybridized carbons (Fsp3) is 0.310. The van der Waals surface area contributed by atoms with Gasteiger partial charge in [-0.25, -0.2) is 8.42 Å². The van der Waals surface area contributed by atoms with E-state index in [0.717, 1.165) is 17.7 Å². The van der Waals surface area contributed by atoms with Crippen LogP contribution in [0.25, 0.3) is 0 Å². The van der Waals surface area contributed by atoms with Crippen LogP contribution in [-0.2, 0) is 32.3 Å². The number of amides is 2. The third-order valence-corrected chi connectivity index (χ3v) is 8.95. The molecule has 7 nitrogen and oxygen atoms in total. The van der Waals surface area contributed by atoms with Gasteiger partial charge >= 0.3 is 6.18 Å². The van der Waals surface area contributed by atoms with E-state index in [1.807, 2.05) is 0 Å². The van der Waals surface area contributed by atoms with Crippen molar-refractivity contribution in [2.24, 2.45) is 0 Å². The van der Waals surface area contributed by atoms with Gasteiger partial charge in [-0.3, -0.25) is 13.9 Å². The Bertz CT molecular complexity index is 1530. The molecule has 0 unspecified atom stereocenters. The number of hydrogen-bond donors (Lipinski definition) is 1. The average Bonchev–Trinajstić information content (AvgIpc) is 2.92. The molecule has 1 N–H and O–H groups in total. The normalized spacial score (nSPS) is 12.5. The van der Waals surface area contributed by atoms with Gasteiger partial charge in [-0.1, -0.05) is 66.0 Å². The first-order chi connectivity index (χ1) is 19.7. The highest BCUT2D eigenvalue weighted by Gasteiger charge is 2.37. The fourth-order valence-corrected chi connectivity index (χ4v) is 6.10. The Morgan fingerprint density at radius 3 is 2.17 bits per heavy atom. The van der Waals surface area contributed by atoms with E-state index >= 15 is 0 Å². The Labute approximate surface area is 253 Å². The van der Waals surface area contributed by atoms with Crippen molar-refractivity contribution in [3.05, 3.63) is 93.5 Å². The molecule has 0 heterocycles. The number of sulfonamides is 1. The monoisotopic (exact) mass is 643 g/mol. The van der Waals surface area contributed by atoms with Crippen molar-refractivity contribution in [2.45, 2.75) is 50.9 Å². The predicted molar refractivity (Wildman–Crippen MR) is 157 cm³/mol. The van der Waals surface area contributed by atoms with E-state index in [1.54, 1.807) is 45.0 Å². The van der Waals surface area contributed by atoms with Crippen molar-refractivity contribution in [3.8, 4) is 0 Å². The van der Waals surface area contributed by atoms with E-state index in [0.29, 0.717) is 21.0 Å². The van der Waals surface area contributed by atoms with Gasteiger partial charge in [0.25, 0.3) is 10.0 Å². The fourth-order valence-electron chi connectivity index (χ4n) is 4.27. The van der Waals surface area contributed by atoms with Crippen LogP contribution in [0, 0.1) is 6.92 Å². The lowest BCUT2D eigenvalue weighted by molar-refractivity contribution is -0.140. The number of rotatable bonds is 11. The number of nitrogens with zero attached hydrogens (tertiary/aromatic N) is 2. The van der Waals surface area contributed by atoms with Crippen LogP contribution in [0.1, 0.15) is 37.0 Å². The minimum absolute atomic E-state index is 0.152. The minimum atomic E-state index is -4.89. The van der Waals surface area contributed by atoms with Gasteiger partial charge in [-0.2, -0.15) is 13.2 Å². The first kappa shape index (κ1) is 33.2. The van der Waals surface area contributed by atoms with Gasteiger partial charge in [0, 0.05) is 18.1 Å². The number of benzene rings is 3. The van der Waals surface area contributed by atoms with Crippen molar-refractivity contribution in [1.82, 2.24) is 10.2 Å². The van der Waals surface area contributed by atoms with Crippen LogP contribution in [0.2, 0.25) is 10.0 Å². The summed E-state index contributed by atoms with van der Waals surface area (Å²) < 4.78 is 69.6. The van der Waals surface area contributed by atoms with Gasteiger partial charge < -0.3 is 10.2 Å². The maximum atomic E-state index is 14.0. The predicted octanol–water partition coefficient (Wildman–Crippen LogP) is 6.46. The van der Waals surface area contributed by atoms with E-state index in [2.05, 4.69) is 5.32 Å². The van der Waals surface area contributed by atoms with Gasteiger partial charge in [0.1, 0.15) is 12.6 Å². The summed E-state index contributed by atoms with van der Waals surface area (Å²) in [6.07, 6.45) is -4.72. The third-order valence-electron chi connectivity index (χ3n) is 6.47. The molecule has 0 aliphatic rings. The SMILES string of the molecule is CCNC(=O)[C@@H](CC)N(Cc1ccccc1Cl)C(=O)CN(c1ccc(Cl)c(C(F)(F)F)c1)S(=O)(=O)c1ccc(C)cc1. The second-order valence-corrected chi connectivity index (χ2v) is 12.1. The summed E-state index contributed by atoms with van der Waals surface area (Å²) in [5.74, 6) is -1.30. The molecule has 0 bridgehead atoms. The highest BCUT2D eigenvalue weighted by atomic mass is 35.5. The number of carbonyl (C=O) groups is 2. The van der Waals surface area contributed by atoms with Gasteiger partial charge in [0.05, 0.1) is 21.2 Å². The molecule has 0 saturated carbocycles. The van der Waals surface area contributed by atoms with Crippen LogP contribution in [-0.4, -0.2) is 44.3 Å². The zero-order valence-electron chi connectivity index (χ0n) is 23.1. The molecule has 0 radical (unpaired) electrons. The number of anilines is 1.